The number of aliphatic hydroxyl groups is 1. The van der Waals surface area contributed by atoms with E-state index in [9.17, 15) is 15.0 Å². The third-order valence-electron chi connectivity index (χ3n) is 3.46. The fourth-order valence-corrected chi connectivity index (χ4v) is 2.34. The first-order valence-electron chi connectivity index (χ1n) is 6.68. The number of ether oxygens (including phenoxy) is 1. The molecule has 4 heteroatoms. The first kappa shape index (κ1) is 15.5. The maximum absolute atomic E-state index is 12.0. The third kappa shape index (κ3) is 3.26. The van der Waals surface area contributed by atoms with Crippen LogP contribution in [0.5, 0.6) is 5.75 Å². The fraction of sp³-hybridized carbons (Fsp3) is 0.533. The Morgan fingerprint density at radius 3 is 2.26 bits per heavy atom. The standard InChI is InChI=1S/C15H22O4/c1-4-13(14(17)19-6-3)15(18,5-2)11-7-9-12(16)10-8-11/h7-10,13,16,18H,4-6H2,1-3H3. The summed E-state index contributed by atoms with van der Waals surface area (Å²) in [6.45, 7) is 5.72. The summed E-state index contributed by atoms with van der Waals surface area (Å²) in [5.74, 6) is -0.865. The van der Waals surface area contributed by atoms with Crippen molar-refractivity contribution in [2.24, 2.45) is 5.92 Å². The van der Waals surface area contributed by atoms with Crippen molar-refractivity contribution in [1.29, 1.82) is 0 Å². The van der Waals surface area contributed by atoms with Crippen molar-refractivity contribution in [3.05, 3.63) is 29.8 Å². The van der Waals surface area contributed by atoms with Gasteiger partial charge >= 0.3 is 5.97 Å². The summed E-state index contributed by atoms with van der Waals surface area (Å²) in [6, 6.07) is 6.29. The molecule has 106 valence electrons. The van der Waals surface area contributed by atoms with E-state index in [1.165, 1.54) is 12.1 Å². The van der Waals surface area contributed by atoms with Crippen LogP contribution in [0.4, 0.5) is 0 Å². The van der Waals surface area contributed by atoms with Gasteiger partial charge < -0.3 is 14.9 Å². The average molecular weight is 266 g/mol. The number of hydrogen-bond acceptors (Lipinski definition) is 4. The second-order valence-corrected chi connectivity index (χ2v) is 4.54. The molecule has 0 fully saturated rings. The lowest BCUT2D eigenvalue weighted by Crippen LogP contribution is -2.40. The smallest absolute Gasteiger partial charge is 0.312 e. The van der Waals surface area contributed by atoms with Crippen LogP contribution in [0, 0.1) is 5.92 Å². The monoisotopic (exact) mass is 266 g/mol. The lowest BCUT2D eigenvalue weighted by Gasteiger charge is -2.34. The van der Waals surface area contributed by atoms with E-state index < -0.39 is 11.5 Å². The van der Waals surface area contributed by atoms with Crippen LogP contribution in [-0.2, 0) is 15.1 Å². The molecule has 0 aliphatic heterocycles. The molecular formula is C15H22O4. The molecule has 0 amide bonds. The minimum absolute atomic E-state index is 0.131. The van der Waals surface area contributed by atoms with Crippen LogP contribution in [0.15, 0.2) is 24.3 Å². The minimum Gasteiger partial charge on any atom is -0.508 e. The van der Waals surface area contributed by atoms with Gasteiger partial charge in [0.15, 0.2) is 0 Å². The summed E-state index contributed by atoms with van der Waals surface area (Å²) < 4.78 is 5.04. The SMILES string of the molecule is CCOC(=O)C(CC)C(O)(CC)c1ccc(O)cc1. The van der Waals surface area contributed by atoms with Crippen molar-refractivity contribution in [2.45, 2.75) is 39.2 Å². The van der Waals surface area contributed by atoms with Crippen molar-refractivity contribution < 1.29 is 19.7 Å². The van der Waals surface area contributed by atoms with E-state index >= 15 is 0 Å². The quantitative estimate of drug-likeness (QED) is 0.777. The molecule has 0 saturated heterocycles. The van der Waals surface area contributed by atoms with E-state index in [1.54, 1.807) is 19.1 Å². The Balaban J connectivity index is 3.12. The van der Waals surface area contributed by atoms with Crippen molar-refractivity contribution in [1.82, 2.24) is 0 Å². The van der Waals surface area contributed by atoms with Gasteiger partial charge in [0.2, 0.25) is 0 Å². The van der Waals surface area contributed by atoms with Gasteiger partial charge in [0.25, 0.3) is 0 Å². The normalized spacial score (nSPS) is 15.6. The van der Waals surface area contributed by atoms with Gasteiger partial charge in [0, 0.05) is 0 Å². The molecule has 0 saturated carbocycles. The largest absolute Gasteiger partial charge is 0.508 e. The zero-order chi connectivity index (χ0) is 14.5. The lowest BCUT2D eigenvalue weighted by molar-refractivity contribution is -0.160. The Morgan fingerprint density at radius 2 is 1.84 bits per heavy atom. The molecule has 1 aromatic carbocycles. The number of esters is 1. The molecule has 1 rings (SSSR count). The lowest BCUT2D eigenvalue weighted by atomic mass is 9.78. The molecule has 2 N–H and O–H groups in total. The van der Waals surface area contributed by atoms with E-state index in [4.69, 9.17) is 4.74 Å². The topological polar surface area (TPSA) is 66.8 Å². The summed E-state index contributed by atoms with van der Waals surface area (Å²) in [7, 11) is 0. The van der Waals surface area contributed by atoms with Gasteiger partial charge in [-0.25, -0.2) is 0 Å². The van der Waals surface area contributed by atoms with Crippen LogP contribution in [-0.4, -0.2) is 22.8 Å². The van der Waals surface area contributed by atoms with Crippen LogP contribution in [0.1, 0.15) is 39.2 Å². The Hall–Kier alpha value is -1.55. The van der Waals surface area contributed by atoms with Crippen molar-refractivity contribution >= 4 is 5.97 Å². The van der Waals surface area contributed by atoms with Gasteiger partial charge in [-0.1, -0.05) is 26.0 Å². The molecule has 1 aromatic rings. The zero-order valence-electron chi connectivity index (χ0n) is 11.7. The molecule has 0 heterocycles. The van der Waals surface area contributed by atoms with Gasteiger partial charge in [-0.3, -0.25) is 4.79 Å². The van der Waals surface area contributed by atoms with Crippen LogP contribution in [0.3, 0.4) is 0 Å². The summed E-state index contributed by atoms with van der Waals surface area (Å²) >= 11 is 0. The molecule has 0 spiro atoms. The first-order valence-corrected chi connectivity index (χ1v) is 6.68. The Bertz CT molecular complexity index is 413. The Kier molecular flexibility index (Phi) is 5.36. The maximum Gasteiger partial charge on any atom is 0.312 e. The highest BCUT2D eigenvalue weighted by Crippen LogP contribution is 2.36. The molecule has 2 unspecified atom stereocenters. The van der Waals surface area contributed by atoms with Crippen molar-refractivity contribution in [3.63, 3.8) is 0 Å². The second-order valence-electron chi connectivity index (χ2n) is 4.54. The Labute approximate surface area is 114 Å². The van der Waals surface area contributed by atoms with Crippen molar-refractivity contribution in [3.8, 4) is 5.75 Å². The molecule has 0 bridgehead atoms. The minimum atomic E-state index is -1.27. The molecule has 2 atom stereocenters. The summed E-state index contributed by atoms with van der Waals surface area (Å²) in [5.41, 5.74) is -0.651. The first-order chi connectivity index (χ1) is 8.99. The highest BCUT2D eigenvalue weighted by atomic mass is 16.5. The summed E-state index contributed by atoms with van der Waals surface area (Å²) in [6.07, 6.45) is 0.888. The number of phenolic OH excluding ortho intramolecular Hbond substituents is 1. The van der Waals surface area contributed by atoms with E-state index in [-0.39, 0.29) is 11.7 Å². The van der Waals surface area contributed by atoms with Gasteiger partial charge in [-0.15, -0.1) is 0 Å². The number of carbonyl (C=O) groups is 1. The number of benzene rings is 1. The predicted octanol–water partition coefficient (Wildman–Crippen LogP) is 2.58. The number of phenols is 1. The number of carbonyl (C=O) groups excluding carboxylic acids is 1. The summed E-state index contributed by atoms with van der Waals surface area (Å²) in [4.78, 5) is 12.0. The van der Waals surface area contributed by atoms with Gasteiger partial charge in [0.05, 0.1) is 12.5 Å². The Morgan fingerprint density at radius 1 is 1.26 bits per heavy atom. The van der Waals surface area contributed by atoms with E-state index in [1.807, 2.05) is 13.8 Å². The number of aromatic hydroxyl groups is 1. The molecule has 0 aliphatic rings. The highest BCUT2D eigenvalue weighted by Gasteiger charge is 2.41. The molecule has 0 aromatic heterocycles. The summed E-state index contributed by atoms with van der Waals surface area (Å²) in [5, 5.41) is 20.2. The number of hydrogen-bond donors (Lipinski definition) is 2. The average Bonchev–Trinajstić information content (AvgIpc) is 2.40. The van der Waals surface area contributed by atoms with Gasteiger partial charge in [0.1, 0.15) is 11.4 Å². The van der Waals surface area contributed by atoms with Crippen LogP contribution >= 0.6 is 0 Å². The number of rotatable bonds is 6. The molecule has 4 nitrogen and oxygen atoms in total. The van der Waals surface area contributed by atoms with Crippen LogP contribution < -0.4 is 0 Å². The highest BCUT2D eigenvalue weighted by molar-refractivity contribution is 5.74. The van der Waals surface area contributed by atoms with Crippen molar-refractivity contribution in [2.75, 3.05) is 6.61 Å². The molecule has 0 radical (unpaired) electrons. The van der Waals surface area contributed by atoms with E-state index in [0.717, 1.165) is 0 Å². The fourth-order valence-electron chi connectivity index (χ4n) is 2.34. The maximum atomic E-state index is 12.0. The molecular weight excluding hydrogens is 244 g/mol. The molecule has 0 aliphatic carbocycles. The van der Waals surface area contributed by atoms with Gasteiger partial charge in [-0.05, 0) is 37.5 Å². The predicted molar refractivity (Wildman–Crippen MR) is 72.7 cm³/mol. The third-order valence-corrected chi connectivity index (χ3v) is 3.46. The second kappa shape index (κ2) is 6.57. The van der Waals surface area contributed by atoms with E-state index in [2.05, 4.69) is 0 Å². The van der Waals surface area contributed by atoms with Crippen LogP contribution in [0.2, 0.25) is 0 Å². The van der Waals surface area contributed by atoms with Crippen LogP contribution in [0.25, 0.3) is 0 Å². The van der Waals surface area contributed by atoms with Gasteiger partial charge in [-0.2, -0.15) is 0 Å². The van der Waals surface area contributed by atoms with E-state index in [0.29, 0.717) is 25.0 Å². The molecule has 19 heavy (non-hydrogen) atoms. The zero-order valence-corrected chi connectivity index (χ0v) is 11.7.